The summed E-state index contributed by atoms with van der Waals surface area (Å²) in [5, 5.41) is 0. The van der Waals surface area contributed by atoms with Gasteiger partial charge in [-0.15, -0.1) is 11.8 Å². The van der Waals surface area contributed by atoms with Crippen LogP contribution in [-0.4, -0.2) is 45.1 Å². The molecule has 2 amide bonds. The summed E-state index contributed by atoms with van der Waals surface area (Å²) in [4.78, 5) is 25.0. The van der Waals surface area contributed by atoms with Gasteiger partial charge in [-0.3, -0.25) is 20.4 Å². The van der Waals surface area contributed by atoms with Crippen LogP contribution in [0.25, 0.3) is 0 Å². The van der Waals surface area contributed by atoms with Gasteiger partial charge in [-0.2, -0.15) is 0 Å². The molecule has 9 heteroatoms. The Morgan fingerprint density at radius 3 is 2.61 bits per heavy atom. The summed E-state index contributed by atoms with van der Waals surface area (Å²) >= 11 is 1.52. The zero-order valence-corrected chi connectivity index (χ0v) is 14.4. The van der Waals surface area contributed by atoms with Crippen LogP contribution in [0.2, 0.25) is 0 Å². The number of amides is 2. The Morgan fingerprint density at radius 1 is 1.30 bits per heavy atom. The molecule has 1 atom stereocenters. The van der Waals surface area contributed by atoms with Crippen molar-refractivity contribution in [2.75, 3.05) is 24.9 Å². The minimum atomic E-state index is -3.15. The molecular formula is C14H18N2O5S2. The van der Waals surface area contributed by atoms with E-state index in [1.165, 1.54) is 18.9 Å². The lowest BCUT2D eigenvalue weighted by molar-refractivity contribution is -0.125. The van der Waals surface area contributed by atoms with E-state index in [0.717, 1.165) is 4.90 Å². The van der Waals surface area contributed by atoms with Crippen LogP contribution in [0.1, 0.15) is 16.8 Å². The van der Waals surface area contributed by atoms with Gasteiger partial charge in [0, 0.05) is 4.90 Å². The Labute approximate surface area is 139 Å². The molecule has 1 aliphatic heterocycles. The topological polar surface area (TPSA) is 102 Å². The van der Waals surface area contributed by atoms with E-state index < -0.39 is 27.6 Å². The lowest BCUT2D eigenvalue weighted by Gasteiger charge is -2.13. The largest absolute Gasteiger partial charge is 0.496 e. The fourth-order valence-electron chi connectivity index (χ4n) is 2.28. The van der Waals surface area contributed by atoms with Gasteiger partial charge < -0.3 is 4.74 Å². The number of carbonyl (C=O) groups excluding carboxylic acids is 2. The van der Waals surface area contributed by atoms with Crippen LogP contribution in [0.4, 0.5) is 0 Å². The smallest absolute Gasteiger partial charge is 0.273 e. The van der Waals surface area contributed by atoms with Crippen molar-refractivity contribution in [3.8, 4) is 5.75 Å². The Kier molecular flexibility index (Phi) is 5.53. The van der Waals surface area contributed by atoms with Crippen LogP contribution >= 0.6 is 11.8 Å². The molecule has 1 aliphatic rings. The van der Waals surface area contributed by atoms with Crippen molar-refractivity contribution in [2.24, 2.45) is 5.92 Å². The molecule has 23 heavy (non-hydrogen) atoms. The van der Waals surface area contributed by atoms with Crippen molar-refractivity contribution >= 4 is 33.4 Å². The van der Waals surface area contributed by atoms with Crippen molar-refractivity contribution in [2.45, 2.75) is 11.3 Å². The third kappa shape index (κ3) is 4.38. The predicted molar refractivity (Wildman–Crippen MR) is 87.1 cm³/mol. The number of hydrogen-bond acceptors (Lipinski definition) is 6. The number of sulfone groups is 1. The average molecular weight is 358 g/mol. The molecule has 1 saturated heterocycles. The fourth-order valence-corrected chi connectivity index (χ4v) is 4.45. The molecule has 0 unspecified atom stereocenters. The van der Waals surface area contributed by atoms with Gasteiger partial charge in [0.25, 0.3) is 5.91 Å². The Balaban J connectivity index is 1.98. The molecule has 2 rings (SSSR count). The summed E-state index contributed by atoms with van der Waals surface area (Å²) in [5.41, 5.74) is 4.85. The minimum Gasteiger partial charge on any atom is -0.496 e. The Morgan fingerprint density at radius 2 is 2.04 bits per heavy atom. The van der Waals surface area contributed by atoms with Crippen molar-refractivity contribution in [1.29, 1.82) is 0 Å². The number of rotatable bonds is 4. The molecule has 0 saturated carbocycles. The standard InChI is InChI=1S/C14H18N2O5S2/c1-21-12-7-10(22-2)3-4-11(12)14(18)16-15-13(17)9-5-6-23(19,20)8-9/h3-4,7,9H,5-6,8H2,1-2H3,(H,15,17)(H,16,18)/t9-/m0/s1. The van der Waals surface area contributed by atoms with Gasteiger partial charge in [0.05, 0.1) is 30.1 Å². The zero-order chi connectivity index (χ0) is 17.0. The summed E-state index contributed by atoms with van der Waals surface area (Å²) in [5.74, 6) is -1.43. The molecule has 1 heterocycles. The maximum atomic E-state index is 12.1. The van der Waals surface area contributed by atoms with E-state index in [1.54, 1.807) is 18.2 Å². The third-order valence-corrected chi connectivity index (χ3v) is 6.05. The lowest BCUT2D eigenvalue weighted by Crippen LogP contribution is -2.44. The van der Waals surface area contributed by atoms with E-state index in [2.05, 4.69) is 10.9 Å². The normalized spacial score (nSPS) is 19.1. The van der Waals surface area contributed by atoms with Crippen LogP contribution in [0.15, 0.2) is 23.1 Å². The summed E-state index contributed by atoms with van der Waals surface area (Å²) in [6.45, 7) is 0. The van der Waals surface area contributed by atoms with Crippen LogP contribution in [-0.2, 0) is 14.6 Å². The first-order valence-electron chi connectivity index (χ1n) is 6.89. The fraction of sp³-hybridized carbons (Fsp3) is 0.429. The number of carbonyl (C=O) groups is 2. The van der Waals surface area contributed by atoms with Crippen molar-refractivity contribution in [3.05, 3.63) is 23.8 Å². The minimum absolute atomic E-state index is 0.00298. The predicted octanol–water partition coefficient (Wildman–Crippen LogP) is 0.613. The van der Waals surface area contributed by atoms with Gasteiger partial charge in [-0.05, 0) is 30.9 Å². The molecular weight excluding hydrogens is 340 g/mol. The number of nitrogens with one attached hydrogen (secondary N) is 2. The van der Waals surface area contributed by atoms with E-state index in [0.29, 0.717) is 5.75 Å². The number of benzene rings is 1. The van der Waals surface area contributed by atoms with E-state index in [9.17, 15) is 18.0 Å². The first-order valence-corrected chi connectivity index (χ1v) is 9.93. The van der Waals surface area contributed by atoms with Gasteiger partial charge in [0.15, 0.2) is 9.84 Å². The van der Waals surface area contributed by atoms with E-state index in [1.807, 2.05) is 6.26 Å². The van der Waals surface area contributed by atoms with E-state index in [-0.39, 0.29) is 23.5 Å². The van der Waals surface area contributed by atoms with E-state index >= 15 is 0 Å². The molecule has 2 N–H and O–H groups in total. The van der Waals surface area contributed by atoms with Crippen molar-refractivity contribution < 1.29 is 22.7 Å². The van der Waals surface area contributed by atoms with Gasteiger partial charge in [-0.25, -0.2) is 8.42 Å². The highest BCUT2D eigenvalue weighted by atomic mass is 32.2. The van der Waals surface area contributed by atoms with Crippen LogP contribution in [0.5, 0.6) is 5.75 Å². The summed E-state index contributed by atoms with van der Waals surface area (Å²) in [7, 11) is -1.69. The second-order valence-electron chi connectivity index (χ2n) is 5.11. The Hall–Kier alpha value is -1.74. The summed E-state index contributed by atoms with van der Waals surface area (Å²) in [6, 6.07) is 5.10. The summed E-state index contributed by atoms with van der Waals surface area (Å²) < 4.78 is 27.9. The molecule has 7 nitrogen and oxygen atoms in total. The molecule has 0 spiro atoms. The quantitative estimate of drug-likeness (QED) is 0.604. The molecule has 126 valence electrons. The first-order chi connectivity index (χ1) is 10.9. The summed E-state index contributed by atoms with van der Waals surface area (Å²) in [6.07, 6.45) is 2.18. The number of hydrogen-bond donors (Lipinski definition) is 2. The molecule has 1 fully saturated rings. The molecule has 0 aromatic heterocycles. The highest BCUT2D eigenvalue weighted by molar-refractivity contribution is 7.98. The third-order valence-electron chi connectivity index (χ3n) is 3.56. The van der Waals surface area contributed by atoms with Crippen LogP contribution < -0.4 is 15.6 Å². The lowest BCUT2D eigenvalue weighted by atomic mass is 10.1. The van der Waals surface area contributed by atoms with Gasteiger partial charge in [-0.1, -0.05) is 0 Å². The Bertz CT molecular complexity index is 718. The molecule has 1 aromatic carbocycles. The molecule has 1 aromatic rings. The highest BCUT2D eigenvalue weighted by Gasteiger charge is 2.33. The van der Waals surface area contributed by atoms with Crippen LogP contribution in [0.3, 0.4) is 0 Å². The van der Waals surface area contributed by atoms with Gasteiger partial charge in [0.2, 0.25) is 5.91 Å². The number of methoxy groups -OCH3 is 1. The van der Waals surface area contributed by atoms with Crippen LogP contribution in [0, 0.1) is 5.92 Å². The average Bonchev–Trinajstić information content (AvgIpc) is 2.91. The maximum Gasteiger partial charge on any atom is 0.273 e. The first kappa shape index (κ1) is 17.6. The number of ether oxygens (including phenoxy) is 1. The van der Waals surface area contributed by atoms with Crippen molar-refractivity contribution in [1.82, 2.24) is 10.9 Å². The second-order valence-corrected chi connectivity index (χ2v) is 8.22. The SMILES string of the molecule is COc1cc(SC)ccc1C(=O)NNC(=O)[C@H]1CCS(=O)(=O)C1. The number of thioether (sulfide) groups is 1. The van der Waals surface area contributed by atoms with Gasteiger partial charge >= 0.3 is 0 Å². The monoisotopic (exact) mass is 358 g/mol. The molecule has 0 aliphatic carbocycles. The molecule has 0 radical (unpaired) electrons. The van der Waals surface area contributed by atoms with Gasteiger partial charge in [0.1, 0.15) is 5.75 Å². The van der Waals surface area contributed by atoms with E-state index in [4.69, 9.17) is 4.74 Å². The highest BCUT2D eigenvalue weighted by Crippen LogP contribution is 2.25. The number of hydrazine groups is 1. The maximum absolute atomic E-state index is 12.1. The van der Waals surface area contributed by atoms with Crippen molar-refractivity contribution in [3.63, 3.8) is 0 Å². The second kappa shape index (κ2) is 7.22. The zero-order valence-electron chi connectivity index (χ0n) is 12.8. The molecule has 0 bridgehead atoms.